The number of benzene rings is 1. The number of para-hydroxylation sites is 1. The molecule has 1 unspecified atom stereocenters. The van der Waals surface area contributed by atoms with Crippen LogP contribution in [0, 0.1) is 0 Å². The number of methoxy groups -OCH3 is 1. The molecule has 1 N–H and O–H groups in total. The minimum absolute atomic E-state index is 0.352. The van der Waals surface area contributed by atoms with Crippen molar-refractivity contribution in [1.29, 1.82) is 0 Å². The first-order valence-electron chi connectivity index (χ1n) is 7.71. The molecule has 1 aromatic carbocycles. The molecule has 1 atom stereocenters. The second-order valence-corrected chi connectivity index (χ2v) is 5.48. The average molecular weight is 292 g/mol. The Kier molecular flexibility index (Phi) is 4.95. The zero-order valence-corrected chi connectivity index (χ0v) is 12.6. The van der Waals surface area contributed by atoms with Crippen molar-refractivity contribution in [3.63, 3.8) is 0 Å². The number of hydrogen-bond donors (Lipinski definition) is 1. The number of hydrogen-bond acceptors (Lipinski definition) is 5. The van der Waals surface area contributed by atoms with Crippen molar-refractivity contribution >= 4 is 0 Å². The van der Waals surface area contributed by atoms with E-state index in [4.69, 9.17) is 14.2 Å². The van der Waals surface area contributed by atoms with Gasteiger partial charge < -0.3 is 19.5 Å². The summed E-state index contributed by atoms with van der Waals surface area (Å²) in [6, 6.07) is 6.46. The lowest BCUT2D eigenvalue weighted by Gasteiger charge is -2.30. The van der Waals surface area contributed by atoms with Crippen molar-refractivity contribution in [2.45, 2.75) is 12.5 Å². The summed E-state index contributed by atoms with van der Waals surface area (Å²) < 4.78 is 16.5. The smallest absolute Gasteiger partial charge is 0.165 e. The number of morpholine rings is 1. The van der Waals surface area contributed by atoms with E-state index in [0.29, 0.717) is 6.04 Å². The van der Waals surface area contributed by atoms with Gasteiger partial charge in [0.2, 0.25) is 0 Å². The SMILES string of the molecule is COc1cccc2c1OCCC2NCCN1CCOCC1. The molecule has 1 fully saturated rings. The highest BCUT2D eigenvalue weighted by molar-refractivity contribution is 5.49. The number of fused-ring (bicyclic) bond motifs is 1. The molecule has 21 heavy (non-hydrogen) atoms. The molecular formula is C16H24N2O3. The fourth-order valence-corrected chi connectivity index (χ4v) is 2.99. The monoisotopic (exact) mass is 292 g/mol. The molecule has 0 amide bonds. The minimum atomic E-state index is 0.352. The Balaban J connectivity index is 1.57. The van der Waals surface area contributed by atoms with Gasteiger partial charge in [-0.15, -0.1) is 0 Å². The highest BCUT2D eigenvalue weighted by Crippen LogP contribution is 2.39. The van der Waals surface area contributed by atoms with E-state index in [2.05, 4.69) is 16.3 Å². The van der Waals surface area contributed by atoms with E-state index in [1.807, 2.05) is 12.1 Å². The lowest BCUT2D eigenvalue weighted by molar-refractivity contribution is 0.0379. The molecule has 116 valence electrons. The van der Waals surface area contributed by atoms with Gasteiger partial charge in [0.05, 0.1) is 26.9 Å². The third-order valence-corrected chi connectivity index (χ3v) is 4.18. The third kappa shape index (κ3) is 3.48. The lowest BCUT2D eigenvalue weighted by atomic mass is 10.00. The van der Waals surface area contributed by atoms with Gasteiger partial charge in [0.15, 0.2) is 11.5 Å². The van der Waals surface area contributed by atoms with Crippen LogP contribution >= 0.6 is 0 Å². The zero-order valence-electron chi connectivity index (χ0n) is 12.6. The zero-order chi connectivity index (χ0) is 14.5. The molecule has 2 heterocycles. The van der Waals surface area contributed by atoms with Gasteiger partial charge in [0.1, 0.15) is 0 Å². The number of rotatable bonds is 5. The Hall–Kier alpha value is -1.30. The van der Waals surface area contributed by atoms with Crippen LogP contribution in [0.15, 0.2) is 18.2 Å². The summed E-state index contributed by atoms with van der Waals surface area (Å²) in [6.45, 7) is 6.60. The van der Waals surface area contributed by atoms with Crippen LogP contribution in [0.25, 0.3) is 0 Å². The highest BCUT2D eigenvalue weighted by Gasteiger charge is 2.23. The van der Waals surface area contributed by atoms with Crippen molar-refractivity contribution in [3.05, 3.63) is 23.8 Å². The summed E-state index contributed by atoms with van der Waals surface area (Å²) in [5.74, 6) is 1.72. The van der Waals surface area contributed by atoms with Crippen molar-refractivity contribution in [1.82, 2.24) is 10.2 Å². The largest absolute Gasteiger partial charge is 0.493 e. The second-order valence-electron chi connectivity index (χ2n) is 5.48. The topological polar surface area (TPSA) is 43.0 Å². The van der Waals surface area contributed by atoms with Crippen molar-refractivity contribution < 1.29 is 14.2 Å². The molecule has 0 bridgehead atoms. The van der Waals surface area contributed by atoms with Crippen LogP contribution in [-0.4, -0.2) is 58.0 Å². The molecule has 2 aliphatic heterocycles. The molecule has 0 spiro atoms. The fraction of sp³-hybridized carbons (Fsp3) is 0.625. The van der Waals surface area contributed by atoms with Crippen LogP contribution in [0.2, 0.25) is 0 Å². The summed E-state index contributed by atoms with van der Waals surface area (Å²) in [7, 11) is 1.69. The third-order valence-electron chi connectivity index (χ3n) is 4.18. The molecule has 1 aromatic rings. The Labute approximate surface area is 126 Å². The molecular weight excluding hydrogens is 268 g/mol. The van der Waals surface area contributed by atoms with E-state index < -0.39 is 0 Å². The summed E-state index contributed by atoms with van der Waals surface area (Å²) in [5, 5.41) is 3.66. The standard InChI is InChI=1S/C16H24N2O3/c1-19-15-4-2-3-13-14(5-10-21-16(13)15)17-6-7-18-8-11-20-12-9-18/h2-4,14,17H,5-12H2,1H3. The van der Waals surface area contributed by atoms with E-state index in [9.17, 15) is 0 Å². The van der Waals surface area contributed by atoms with Gasteiger partial charge in [0.25, 0.3) is 0 Å². The maximum atomic E-state index is 5.78. The first-order valence-corrected chi connectivity index (χ1v) is 7.71. The molecule has 0 saturated carbocycles. The van der Waals surface area contributed by atoms with Crippen LogP contribution in [0.3, 0.4) is 0 Å². The van der Waals surface area contributed by atoms with Gasteiger partial charge in [-0.25, -0.2) is 0 Å². The van der Waals surface area contributed by atoms with Gasteiger partial charge >= 0.3 is 0 Å². The number of ether oxygens (including phenoxy) is 3. The molecule has 5 nitrogen and oxygen atoms in total. The fourth-order valence-electron chi connectivity index (χ4n) is 2.99. The van der Waals surface area contributed by atoms with Gasteiger partial charge in [-0.05, 0) is 6.07 Å². The van der Waals surface area contributed by atoms with Crippen LogP contribution in [0.5, 0.6) is 11.5 Å². The first kappa shape index (κ1) is 14.6. The van der Waals surface area contributed by atoms with E-state index in [1.165, 1.54) is 5.56 Å². The number of nitrogens with one attached hydrogen (secondary N) is 1. The van der Waals surface area contributed by atoms with Crippen LogP contribution in [-0.2, 0) is 4.74 Å². The van der Waals surface area contributed by atoms with E-state index >= 15 is 0 Å². The molecule has 3 rings (SSSR count). The summed E-state index contributed by atoms with van der Waals surface area (Å²) >= 11 is 0. The normalized spacial score (nSPS) is 22.4. The van der Waals surface area contributed by atoms with Gasteiger partial charge in [-0.2, -0.15) is 0 Å². The Morgan fingerprint density at radius 2 is 2.14 bits per heavy atom. The minimum Gasteiger partial charge on any atom is -0.493 e. The van der Waals surface area contributed by atoms with Crippen molar-refractivity contribution in [2.75, 3.05) is 53.1 Å². The Morgan fingerprint density at radius 3 is 2.95 bits per heavy atom. The summed E-state index contributed by atoms with van der Waals surface area (Å²) in [5.41, 5.74) is 1.21. The number of nitrogens with zero attached hydrogens (tertiary/aromatic N) is 1. The quantitative estimate of drug-likeness (QED) is 0.889. The summed E-state index contributed by atoms with van der Waals surface area (Å²) in [6.07, 6.45) is 1.00. The predicted octanol–water partition coefficient (Wildman–Crippen LogP) is 1.44. The van der Waals surface area contributed by atoms with Crippen molar-refractivity contribution in [3.8, 4) is 11.5 Å². The molecule has 0 radical (unpaired) electrons. The molecule has 0 aliphatic carbocycles. The van der Waals surface area contributed by atoms with Gasteiger partial charge in [-0.3, -0.25) is 4.90 Å². The lowest BCUT2D eigenvalue weighted by Crippen LogP contribution is -2.41. The van der Waals surface area contributed by atoms with Gasteiger partial charge in [0, 0.05) is 44.2 Å². The molecule has 0 aromatic heterocycles. The maximum Gasteiger partial charge on any atom is 0.165 e. The Bertz CT molecular complexity index is 461. The predicted molar refractivity (Wildman–Crippen MR) is 81.1 cm³/mol. The molecule has 1 saturated heterocycles. The molecule has 2 aliphatic rings. The maximum absolute atomic E-state index is 5.78. The van der Waals surface area contributed by atoms with Crippen molar-refractivity contribution in [2.24, 2.45) is 0 Å². The average Bonchev–Trinajstić information content (AvgIpc) is 2.55. The van der Waals surface area contributed by atoms with Crippen LogP contribution < -0.4 is 14.8 Å². The van der Waals surface area contributed by atoms with E-state index in [-0.39, 0.29) is 0 Å². The summed E-state index contributed by atoms with van der Waals surface area (Å²) in [4.78, 5) is 2.45. The first-order chi connectivity index (χ1) is 10.4. The molecule has 5 heteroatoms. The van der Waals surface area contributed by atoms with E-state index in [0.717, 1.165) is 63.9 Å². The van der Waals surface area contributed by atoms with Gasteiger partial charge in [-0.1, -0.05) is 12.1 Å². The highest BCUT2D eigenvalue weighted by atomic mass is 16.5. The van der Waals surface area contributed by atoms with Crippen LogP contribution in [0.1, 0.15) is 18.0 Å². The Morgan fingerprint density at radius 1 is 1.29 bits per heavy atom. The second kappa shape index (κ2) is 7.11. The van der Waals surface area contributed by atoms with E-state index in [1.54, 1.807) is 7.11 Å². The van der Waals surface area contributed by atoms with Crippen LogP contribution in [0.4, 0.5) is 0 Å².